The molecule has 0 saturated carbocycles. The number of carbonyl (C=O) groups excluding carboxylic acids is 2. The highest BCUT2D eigenvalue weighted by Gasteiger charge is 2.15. The molecule has 2 rings (SSSR count). The minimum atomic E-state index is -0.684. The molecule has 2 aromatic rings. The number of anilines is 1. The van der Waals surface area contributed by atoms with Gasteiger partial charge in [-0.15, -0.1) is 0 Å². The fourth-order valence-electron chi connectivity index (χ4n) is 1.75. The zero-order valence-electron chi connectivity index (χ0n) is 11.4. The molecule has 0 bridgehead atoms. The summed E-state index contributed by atoms with van der Waals surface area (Å²) in [5, 5.41) is 11.1. The molecule has 2 heterocycles. The summed E-state index contributed by atoms with van der Waals surface area (Å²) >= 11 is 5.73. The van der Waals surface area contributed by atoms with Crippen LogP contribution in [0, 0.1) is 0 Å². The van der Waals surface area contributed by atoms with Gasteiger partial charge in [0.05, 0.1) is 16.9 Å². The van der Waals surface area contributed by atoms with Gasteiger partial charge in [0.15, 0.2) is 5.69 Å². The molecule has 0 aliphatic heterocycles. The molecule has 0 saturated heterocycles. The van der Waals surface area contributed by atoms with Crippen molar-refractivity contribution >= 4 is 29.1 Å². The number of carbonyl (C=O) groups is 2. The highest BCUT2D eigenvalue weighted by Crippen LogP contribution is 2.14. The molecule has 0 radical (unpaired) electrons. The number of amides is 2. The number of halogens is 1. The lowest BCUT2D eigenvalue weighted by Crippen LogP contribution is -2.19. The fraction of sp³-hybridized carbons (Fsp3) is 0.333. The Morgan fingerprint density at radius 2 is 2.14 bits per heavy atom. The smallest absolute Gasteiger partial charge is 0.271 e. The van der Waals surface area contributed by atoms with Crippen molar-refractivity contribution in [2.45, 2.75) is 26.4 Å². The quantitative estimate of drug-likeness (QED) is 0.825. The van der Waals surface area contributed by atoms with Crippen LogP contribution in [0.5, 0.6) is 0 Å². The second-order valence-corrected chi connectivity index (χ2v) is 4.77. The van der Waals surface area contributed by atoms with Crippen molar-refractivity contribution in [2.75, 3.05) is 5.32 Å². The van der Waals surface area contributed by atoms with Gasteiger partial charge in [0.1, 0.15) is 0 Å². The number of aromatic nitrogens is 4. The van der Waals surface area contributed by atoms with Crippen molar-refractivity contribution in [3.05, 3.63) is 29.3 Å². The summed E-state index contributed by atoms with van der Waals surface area (Å²) in [6.07, 6.45) is 4.88. The van der Waals surface area contributed by atoms with Crippen LogP contribution >= 0.6 is 11.6 Å². The van der Waals surface area contributed by atoms with Gasteiger partial charge in [-0.1, -0.05) is 11.6 Å². The van der Waals surface area contributed by atoms with Crippen molar-refractivity contribution in [1.82, 2.24) is 19.6 Å². The normalized spacial score (nSPS) is 10.6. The summed E-state index contributed by atoms with van der Waals surface area (Å²) < 4.78 is 3.09. The summed E-state index contributed by atoms with van der Waals surface area (Å²) in [7, 11) is 0. The number of hydrogen-bond acceptors (Lipinski definition) is 4. The number of hydrogen-bond donors (Lipinski definition) is 2. The Labute approximate surface area is 125 Å². The van der Waals surface area contributed by atoms with Crippen molar-refractivity contribution in [2.24, 2.45) is 5.73 Å². The third-order valence-corrected chi connectivity index (χ3v) is 2.96. The molecular formula is C12H15ClN6O2. The molecule has 0 fully saturated rings. The van der Waals surface area contributed by atoms with Crippen LogP contribution < -0.4 is 11.1 Å². The number of primary amides is 1. The van der Waals surface area contributed by atoms with E-state index >= 15 is 0 Å². The van der Waals surface area contributed by atoms with E-state index < -0.39 is 5.91 Å². The van der Waals surface area contributed by atoms with E-state index in [2.05, 4.69) is 15.5 Å². The van der Waals surface area contributed by atoms with E-state index in [9.17, 15) is 9.59 Å². The van der Waals surface area contributed by atoms with Gasteiger partial charge in [-0.2, -0.15) is 10.2 Å². The SMILES string of the molecule is CCn1cc(NC(=O)CCn2cc(Cl)cn2)c(C(N)=O)n1. The molecule has 0 spiro atoms. The van der Waals surface area contributed by atoms with E-state index in [0.717, 1.165) is 0 Å². The summed E-state index contributed by atoms with van der Waals surface area (Å²) in [6.45, 7) is 2.82. The standard InChI is InChI=1S/C12H15ClN6O2/c1-2-18-7-9(11(17-18)12(14)21)16-10(20)3-4-19-6-8(13)5-15-19/h5-7H,2-4H2,1H3,(H2,14,21)(H,16,20). The van der Waals surface area contributed by atoms with E-state index in [1.54, 1.807) is 17.1 Å². The predicted molar refractivity (Wildman–Crippen MR) is 76.9 cm³/mol. The average molecular weight is 311 g/mol. The molecule has 0 aliphatic rings. The molecule has 0 aromatic carbocycles. The van der Waals surface area contributed by atoms with E-state index in [0.29, 0.717) is 23.8 Å². The molecule has 8 nitrogen and oxygen atoms in total. The van der Waals surface area contributed by atoms with Crippen LogP contribution in [0.25, 0.3) is 0 Å². The number of nitrogens with one attached hydrogen (secondary N) is 1. The first-order valence-electron chi connectivity index (χ1n) is 6.34. The van der Waals surface area contributed by atoms with Crippen LogP contribution in [-0.2, 0) is 17.9 Å². The number of nitrogens with two attached hydrogens (primary N) is 1. The summed E-state index contributed by atoms with van der Waals surface area (Å²) in [4.78, 5) is 23.2. The third kappa shape index (κ3) is 3.82. The first-order valence-corrected chi connectivity index (χ1v) is 6.72. The van der Waals surface area contributed by atoms with Gasteiger partial charge >= 0.3 is 0 Å². The lowest BCUT2D eigenvalue weighted by Gasteiger charge is -2.04. The lowest BCUT2D eigenvalue weighted by atomic mass is 10.3. The maximum atomic E-state index is 11.9. The van der Waals surface area contributed by atoms with Gasteiger partial charge in [0, 0.05) is 31.9 Å². The van der Waals surface area contributed by atoms with Crippen LogP contribution in [0.3, 0.4) is 0 Å². The summed E-state index contributed by atoms with van der Waals surface area (Å²) in [5.74, 6) is -0.948. The second kappa shape index (κ2) is 6.40. The molecular weight excluding hydrogens is 296 g/mol. The molecule has 112 valence electrons. The van der Waals surface area contributed by atoms with E-state index in [1.807, 2.05) is 6.92 Å². The van der Waals surface area contributed by atoms with Crippen LogP contribution in [-0.4, -0.2) is 31.4 Å². The molecule has 0 unspecified atom stereocenters. The Hall–Kier alpha value is -2.35. The monoisotopic (exact) mass is 310 g/mol. The number of aryl methyl sites for hydroxylation is 2. The third-order valence-electron chi connectivity index (χ3n) is 2.76. The first kappa shape index (κ1) is 15.0. The molecule has 0 aliphatic carbocycles. The largest absolute Gasteiger partial charge is 0.364 e. The van der Waals surface area contributed by atoms with Gasteiger partial charge in [-0.3, -0.25) is 19.0 Å². The van der Waals surface area contributed by atoms with E-state index in [1.165, 1.54) is 10.9 Å². The number of nitrogens with zero attached hydrogens (tertiary/aromatic N) is 4. The van der Waals surface area contributed by atoms with Crippen molar-refractivity contribution < 1.29 is 9.59 Å². The van der Waals surface area contributed by atoms with Gasteiger partial charge in [-0.25, -0.2) is 0 Å². The number of rotatable bonds is 6. The van der Waals surface area contributed by atoms with E-state index in [-0.39, 0.29) is 18.0 Å². The molecule has 2 aromatic heterocycles. The zero-order chi connectivity index (χ0) is 15.4. The Kier molecular flexibility index (Phi) is 4.59. The maximum absolute atomic E-state index is 11.9. The fourth-order valence-corrected chi connectivity index (χ4v) is 1.90. The van der Waals surface area contributed by atoms with Crippen molar-refractivity contribution in [1.29, 1.82) is 0 Å². The van der Waals surface area contributed by atoms with Crippen molar-refractivity contribution in [3.63, 3.8) is 0 Å². The Bertz CT molecular complexity index is 663. The van der Waals surface area contributed by atoms with Gasteiger partial charge in [-0.05, 0) is 6.92 Å². The topological polar surface area (TPSA) is 108 Å². The minimum absolute atomic E-state index is 0.0485. The Morgan fingerprint density at radius 1 is 1.38 bits per heavy atom. The first-order chi connectivity index (χ1) is 9.99. The highest BCUT2D eigenvalue weighted by atomic mass is 35.5. The second-order valence-electron chi connectivity index (χ2n) is 4.33. The summed E-state index contributed by atoms with van der Waals surface area (Å²) in [5.41, 5.74) is 5.59. The lowest BCUT2D eigenvalue weighted by molar-refractivity contribution is -0.116. The van der Waals surface area contributed by atoms with Gasteiger partial charge < -0.3 is 11.1 Å². The molecule has 0 atom stereocenters. The average Bonchev–Trinajstić information content (AvgIpc) is 3.02. The molecule has 3 N–H and O–H groups in total. The summed E-state index contributed by atoms with van der Waals surface area (Å²) in [6, 6.07) is 0. The maximum Gasteiger partial charge on any atom is 0.271 e. The predicted octanol–water partition coefficient (Wildman–Crippen LogP) is 0.881. The molecule has 9 heteroatoms. The Balaban J connectivity index is 1.99. The van der Waals surface area contributed by atoms with Gasteiger partial charge in [0.25, 0.3) is 5.91 Å². The van der Waals surface area contributed by atoms with Crippen molar-refractivity contribution in [3.8, 4) is 0 Å². The minimum Gasteiger partial charge on any atom is -0.364 e. The van der Waals surface area contributed by atoms with Crippen LogP contribution in [0.2, 0.25) is 5.02 Å². The Morgan fingerprint density at radius 3 is 2.71 bits per heavy atom. The van der Waals surface area contributed by atoms with Crippen LogP contribution in [0.4, 0.5) is 5.69 Å². The van der Waals surface area contributed by atoms with E-state index in [4.69, 9.17) is 17.3 Å². The zero-order valence-corrected chi connectivity index (χ0v) is 12.2. The van der Waals surface area contributed by atoms with Crippen LogP contribution in [0.15, 0.2) is 18.6 Å². The van der Waals surface area contributed by atoms with Crippen LogP contribution in [0.1, 0.15) is 23.8 Å². The van der Waals surface area contributed by atoms with Gasteiger partial charge in [0.2, 0.25) is 5.91 Å². The highest BCUT2D eigenvalue weighted by molar-refractivity contribution is 6.30. The molecule has 2 amide bonds. The molecule has 21 heavy (non-hydrogen) atoms.